The van der Waals surface area contributed by atoms with E-state index in [1.165, 1.54) is 16.9 Å². The van der Waals surface area contributed by atoms with Gasteiger partial charge in [-0.2, -0.15) is 0 Å². The van der Waals surface area contributed by atoms with E-state index in [1.54, 1.807) is 0 Å². The molecule has 3 rings (SSSR count). The smallest absolute Gasteiger partial charge is 0.265 e. The van der Waals surface area contributed by atoms with Crippen LogP contribution in [-0.4, -0.2) is 28.9 Å². The molecule has 0 spiro atoms. The monoisotopic (exact) mass is 338 g/mol. The van der Waals surface area contributed by atoms with Crippen LogP contribution in [0.25, 0.3) is 10.2 Å². The first-order valence-electron chi connectivity index (χ1n) is 6.43. The van der Waals surface area contributed by atoms with E-state index in [4.69, 9.17) is 0 Å². The lowest BCUT2D eigenvalue weighted by Gasteiger charge is -2.13. The van der Waals surface area contributed by atoms with Gasteiger partial charge in [-0.25, -0.2) is 4.98 Å². The number of thiophene rings is 1. The molecule has 0 aromatic carbocycles. The maximum atomic E-state index is 12.5. The number of hydrogen-bond donors (Lipinski definition) is 0. The molecule has 2 aromatic rings. The fourth-order valence-electron chi connectivity index (χ4n) is 2.60. The normalized spacial score (nSPS) is 15.4. The van der Waals surface area contributed by atoms with Crippen LogP contribution in [0.4, 0.5) is 0 Å². The molecule has 0 N–H and O–H groups in total. The van der Waals surface area contributed by atoms with Crippen molar-refractivity contribution in [2.75, 3.05) is 13.1 Å². The Bertz CT molecular complexity index is 659. The highest BCUT2D eigenvalue weighted by Gasteiger charge is 2.25. The van der Waals surface area contributed by atoms with E-state index in [1.807, 2.05) is 11.8 Å². The van der Waals surface area contributed by atoms with Crippen LogP contribution in [-0.2, 0) is 0 Å². The zero-order valence-electron chi connectivity index (χ0n) is 11.0. The van der Waals surface area contributed by atoms with E-state index in [2.05, 4.69) is 33.9 Å². The lowest BCUT2D eigenvalue weighted by atomic mass is 10.2. The molecular formula is C14H15BrN2OS. The van der Waals surface area contributed by atoms with Crippen LogP contribution in [0.1, 0.15) is 33.8 Å². The fourth-order valence-corrected chi connectivity index (χ4v) is 4.80. The Morgan fingerprint density at radius 1 is 1.37 bits per heavy atom. The van der Waals surface area contributed by atoms with Crippen molar-refractivity contribution in [3.8, 4) is 0 Å². The molecule has 0 radical (unpaired) electrons. The largest absolute Gasteiger partial charge is 0.338 e. The number of aryl methyl sites for hydroxylation is 2. The Hall–Kier alpha value is -0.940. The molecule has 3 heterocycles. The molecular weight excluding hydrogens is 324 g/mol. The molecule has 0 aliphatic carbocycles. The molecule has 1 fully saturated rings. The zero-order valence-corrected chi connectivity index (χ0v) is 13.4. The number of carbonyl (C=O) groups is 1. The Labute approximate surface area is 124 Å². The molecule has 0 bridgehead atoms. The fraction of sp³-hybridized carbons (Fsp3) is 0.429. The van der Waals surface area contributed by atoms with Crippen molar-refractivity contribution >= 4 is 43.4 Å². The minimum absolute atomic E-state index is 0.143. The lowest BCUT2D eigenvalue weighted by molar-refractivity contribution is 0.0797. The van der Waals surface area contributed by atoms with Gasteiger partial charge in [0.05, 0.1) is 4.47 Å². The van der Waals surface area contributed by atoms with Crippen molar-refractivity contribution in [2.24, 2.45) is 0 Å². The number of rotatable bonds is 1. The van der Waals surface area contributed by atoms with Crippen LogP contribution in [0.2, 0.25) is 0 Å². The Morgan fingerprint density at radius 2 is 2.05 bits per heavy atom. The minimum atomic E-state index is 0.143. The second-order valence-electron chi connectivity index (χ2n) is 5.01. The third kappa shape index (κ3) is 2.19. The summed E-state index contributed by atoms with van der Waals surface area (Å²) in [6.45, 7) is 5.82. The average molecular weight is 339 g/mol. The summed E-state index contributed by atoms with van der Waals surface area (Å²) in [7, 11) is 0. The van der Waals surface area contributed by atoms with Crippen LogP contribution in [0.5, 0.6) is 0 Å². The van der Waals surface area contributed by atoms with Gasteiger partial charge < -0.3 is 4.90 Å². The van der Waals surface area contributed by atoms with Gasteiger partial charge in [-0.3, -0.25) is 4.79 Å². The summed E-state index contributed by atoms with van der Waals surface area (Å²) < 4.78 is 0.911. The molecule has 1 saturated heterocycles. The van der Waals surface area contributed by atoms with Gasteiger partial charge in [0.1, 0.15) is 9.71 Å². The average Bonchev–Trinajstić information content (AvgIpc) is 2.96. The first kappa shape index (κ1) is 13.1. The van der Waals surface area contributed by atoms with Crippen molar-refractivity contribution in [3.63, 3.8) is 0 Å². The first-order valence-corrected chi connectivity index (χ1v) is 8.04. The summed E-state index contributed by atoms with van der Waals surface area (Å²) in [6, 6.07) is 2.06. The van der Waals surface area contributed by atoms with Gasteiger partial charge in [0.2, 0.25) is 0 Å². The minimum Gasteiger partial charge on any atom is -0.338 e. The van der Waals surface area contributed by atoms with Crippen molar-refractivity contribution in [3.05, 3.63) is 26.7 Å². The second-order valence-corrected chi connectivity index (χ2v) is 6.80. The van der Waals surface area contributed by atoms with Gasteiger partial charge in [-0.1, -0.05) is 0 Å². The van der Waals surface area contributed by atoms with Crippen molar-refractivity contribution in [1.82, 2.24) is 9.88 Å². The van der Waals surface area contributed by atoms with Crippen LogP contribution in [0.15, 0.2) is 10.5 Å². The van der Waals surface area contributed by atoms with Gasteiger partial charge in [-0.15, -0.1) is 11.3 Å². The number of halogens is 1. The number of amides is 1. The molecule has 100 valence electrons. The molecule has 0 saturated carbocycles. The highest BCUT2D eigenvalue weighted by atomic mass is 79.9. The summed E-state index contributed by atoms with van der Waals surface area (Å²) in [6.07, 6.45) is 2.23. The number of hydrogen-bond acceptors (Lipinski definition) is 3. The predicted molar refractivity (Wildman–Crippen MR) is 81.9 cm³/mol. The van der Waals surface area contributed by atoms with Gasteiger partial charge >= 0.3 is 0 Å². The van der Waals surface area contributed by atoms with E-state index >= 15 is 0 Å². The van der Waals surface area contributed by atoms with E-state index < -0.39 is 0 Å². The van der Waals surface area contributed by atoms with Crippen molar-refractivity contribution in [2.45, 2.75) is 26.7 Å². The first-order chi connectivity index (χ1) is 9.08. The molecule has 19 heavy (non-hydrogen) atoms. The molecule has 3 nitrogen and oxygen atoms in total. The molecule has 1 aliphatic heterocycles. The van der Waals surface area contributed by atoms with E-state index in [-0.39, 0.29) is 5.91 Å². The number of likely N-dealkylation sites (tertiary alicyclic amines) is 1. The maximum absolute atomic E-state index is 12.5. The van der Waals surface area contributed by atoms with Crippen LogP contribution >= 0.6 is 27.3 Å². The zero-order chi connectivity index (χ0) is 13.6. The third-order valence-electron chi connectivity index (χ3n) is 3.52. The topological polar surface area (TPSA) is 33.2 Å². The number of fused-ring (bicyclic) bond motifs is 1. The number of aromatic nitrogens is 1. The Morgan fingerprint density at radius 3 is 2.74 bits per heavy atom. The Kier molecular flexibility index (Phi) is 3.35. The van der Waals surface area contributed by atoms with Crippen LogP contribution in [0, 0.1) is 13.8 Å². The number of pyridine rings is 1. The predicted octanol–water partition coefficient (Wildman–Crippen LogP) is 3.91. The van der Waals surface area contributed by atoms with Gasteiger partial charge in [0.25, 0.3) is 5.91 Å². The van der Waals surface area contributed by atoms with Crippen molar-refractivity contribution in [1.29, 1.82) is 0 Å². The third-order valence-corrected chi connectivity index (χ3v) is 5.64. The molecule has 1 amide bonds. The van der Waals surface area contributed by atoms with Gasteiger partial charge in [0.15, 0.2) is 0 Å². The Balaban J connectivity index is 2.12. The standard InChI is InChI=1S/C14H15BrN2OS/c1-8-7-9(2)16-13-10(8)11(15)12(19-13)14(18)17-5-3-4-6-17/h7H,3-6H2,1-2H3. The number of nitrogens with zero attached hydrogens (tertiary/aromatic N) is 2. The quantitative estimate of drug-likeness (QED) is 0.789. The summed E-state index contributed by atoms with van der Waals surface area (Å²) in [4.78, 5) is 20.7. The van der Waals surface area contributed by atoms with E-state index in [0.717, 1.165) is 51.2 Å². The maximum Gasteiger partial charge on any atom is 0.265 e. The molecule has 0 atom stereocenters. The van der Waals surface area contributed by atoms with E-state index in [0.29, 0.717) is 0 Å². The summed E-state index contributed by atoms with van der Waals surface area (Å²) >= 11 is 5.10. The molecule has 0 unspecified atom stereocenters. The highest BCUT2D eigenvalue weighted by molar-refractivity contribution is 9.10. The summed E-state index contributed by atoms with van der Waals surface area (Å²) in [5.41, 5.74) is 2.17. The van der Waals surface area contributed by atoms with Gasteiger partial charge in [0, 0.05) is 24.2 Å². The number of carbonyl (C=O) groups excluding carboxylic acids is 1. The van der Waals surface area contributed by atoms with E-state index in [9.17, 15) is 4.79 Å². The SMILES string of the molecule is Cc1cc(C)c2c(Br)c(C(=O)N3CCCC3)sc2n1. The summed E-state index contributed by atoms with van der Waals surface area (Å²) in [5.74, 6) is 0.143. The molecule has 2 aromatic heterocycles. The van der Waals surface area contributed by atoms with Crippen LogP contribution < -0.4 is 0 Å². The van der Waals surface area contributed by atoms with Gasteiger partial charge in [-0.05, 0) is 54.2 Å². The highest BCUT2D eigenvalue weighted by Crippen LogP contribution is 2.37. The van der Waals surface area contributed by atoms with Crippen molar-refractivity contribution < 1.29 is 4.79 Å². The lowest BCUT2D eigenvalue weighted by Crippen LogP contribution is -2.27. The molecule has 5 heteroatoms. The molecule has 1 aliphatic rings. The second kappa shape index (κ2) is 4.87. The summed E-state index contributed by atoms with van der Waals surface area (Å²) in [5, 5.41) is 1.08. The van der Waals surface area contributed by atoms with Crippen LogP contribution in [0.3, 0.4) is 0 Å².